The van der Waals surface area contributed by atoms with Crippen molar-refractivity contribution in [2.45, 2.75) is 13.8 Å². The van der Waals surface area contributed by atoms with E-state index in [1.54, 1.807) is 0 Å². The summed E-state index contributed by atoms with van der Waals surface area (Å²) in [5.41, 5.74) is 0. The molecule has 0 saturated carbocycles. The first-order valence-electron chi connectivity index (χ1n) is 2.91. The minimum atomic E-state index is 0.454. The molecule has 0 N–H and O–H groups in total. The predicted molar refractivity (Wildman–Crippen MR) is 42.1 cm³/mol. The smallest absolute Gasteiger partial charge is 0.122 e. The largest absolute Gasteiger partial charge is 0.303 e. The summed E-state index contributed by atoms with van der Waals surface area (Å²) < 4.78 is 4.93. The lowest BCUT2D eigenvalue weighted by Gasteiger charge is -1.89. The van der Waals surface area contributed by atoms with Gasteiger partial charge in [-0.05, 0) is 12.0 Å². The number of hydrogen-bond donors (Lipinski definition) is 0. The first-order chi connectivity index (χ1) is 4.27. The molecule has 2 heteroatoms. The molecule has 0 spiro atoms. The Morgan fingerprint density at radius 1 is 1.56 bits per heavy atom. The second-order valence-corrected chi connectivity index (χ2v) is 2.47. The van der Waals surface area contributed by atoms with E-state index in [4.69, 9.17) is 4.18 Å². The average molecular weight is 144 g/mol. The summed E-state index contributed by atoms with van der Waals surface area (Å²) in [5.74, 6) is 6.34. The van der Waals surface area contributed by atoms with Gasteiger partial charge in [0.05, 0.1) is 0 Å². The van der Waals surface area contributed by atoms with Crippen LogP contribution in [0.4, 0.5) is 0 Å². The van der Waals surface area contributed by atoms with Crippen molar-refractivity contribution in [3.8, 4) is 11.8 Å². The van der Waals surface area contributed by atoms with Gasteiger partial charge in [0.25, 0.3) is 0 Å². The molecule has 9 heavy (non-hydrogen) atoms. The molecule has 0 aliphatic rings. The predicted octanol–water partition coefficient (Wildman–Crippen LogP) is 1.94. The summed E-state index contributed by atoms with van der Waals surface area (Å²) in [4.78, 5) is 0. The maximum atomic E-state index is 4.93. The van der Waals surface area contributed by atoms with Crippen LogP contribution < -0.4 is 0 Å². The van der Waals surface area contributed by atoms with Crippen molar-refractivity contribution in [2.24, 2.45) is 5.92 Å². The Bertz CT molecular complexity index is 110. The van der Waals surface area contributed by atoms with Crippen molar-refractivity contribution in [1.29, 1.82) is 0 Å². The maximum absolute atomic E-state index is 4.93. The molecule has 0 aliphatic carbocycles. The zero-order valence-electron chi connectivity index (χ0n) is 6.10. The quantitative estimate of drug-likeness (QED) is 0.333. The van der Waals surface area contributed by atoms with Crippen LogP contribution in [0.15, 0.2) is 0 Å². The molecular weight excluding hydrogens is 132 g/mol. The molecule has 0 aromatic heterocycles. The fraction of sp³-hybridized carbons (Fsp3) is 0.714. The van der Waals surface area contributed by atoms with Crippen molar-refractivity contribution in [3.05, 3.63) is 0 Å². The van der Waals surface area contributed by atoms with Gasteiger partial charge in [-0.25, -0.2) is 0 Å². The molecule has 0 aromatic carbocycles. The van der Waals surface area contributed by atoms with Crippen LogP contribution in [-0.2, 0) is 4.18 Å². The standard InChI is InChI=1S/C7H12OS/c1-7(2)5-4-6-8-9-3/h7H,6H2,1-3H3. The fourth-order valence-electron chi connectivity index (χ4n) is 0.334. The summed E-state index contributed by atoms with van der Waals surface area (Å²) in [6, 6.07) is 0. The molecule has 0 bridgehead atoms. The van der Waals surface area contributed by atoms with Gasteiger partial charge < -0.3 is 4.18 Å². The summed E-state index contributed by atoms with van der Waals surface area (Å²) in [7, 11) is 0. The third-order valence-corrected chi connectivity index (χ3v) is 0.993. The van der Waals surface area contributed by atoms with E-state index in [1.807, 2.05) is 6.26 Å². The molecule has 52 valence electrons. The van der Waals surface area contributed by atoms with E-state index in [0.29, 0.717) is 12.5 Å². The van der Waals surface area contributed by atoms with Crippen LogP contribution in [0.3, 0.4) is 0 Å². The first kappa shape index (κ1) is 8.87. The Morgan fingerprint density at radius 2 is 2.22 bits per heavy atom. The van der Waals surface area contributed by atoms with Gasteiger partial charge >= 0.3 is 0 Å². The van der Waals surface area contributed by atoms with Gasteiger partial charge in [0.2, 0.25) is 0 Å². The fourth-order valence-corrected chi connectivity index (χ4v) is 0.511. The van der Waals surface area contributed by atoms with Gasteiger partial charge in [0.15, 0.2) is 0 Å². The zero-order valence-corrected chi connectivity index (χ0v) is 6.92. The van der Waals surface area contributed by atoms with Crippen molar-refractivity contribution >= 4 is 12.0 Å². The molecule has 0 atom stereocenters. The van der Waals surface area contributed by atoms with Crippen LogP contribution in [0.25, 0.3) is 0 Å². The Hall–Kier alpha value is -0.130. The Kier molecular flexibility index (Phi) is 5.91. The average Bonchev–Trinajstić information content (AvgIpc) is 1.80. The van der Waals surface area contributed by atoms with Crippen LogP contribution in [0.2, 0.25) is 0 Å². The molecule has 0 fully saturated rings. The van der Waals surface area contributed by atoms with E-state index in [2.05, 4.69) is 25.7 Å². The minimum absolute atomic E-state index is 0.454. The third kappa shape index (κ3) is 7.87. The Balaban J connectivity index is 3.16. The molecule has 0 saturated heterocycles. The van der Waals surface area contributed by atoms with E-state index in [0.717, 1.165) is 0 Å². The zero-order chi connectivity index (χ0) is 7.11. The van der Waals surface area contributed by atoms with Gasteiger partial charge in [0, 0.05) is 12.2 Å². The van der Waals surface area contributed by atoms with Crippen molar-refractivity contribution < 1.29 is 4.18 Å². The summed E-state index contributed by atoms with van der Waals surface area (Å²) in [5, 5.41) is 0. The van der Waals surface area contributed by atoms with Crippen LogP contribution in [0.5, 0.6) is 0 Å². The highest BCUT2D eigenvalue weighted by Gasteiger charge is 1.80. The molecule has 0 unspecified atom stereocenters. The molecule has 0 heterocycles. The van der Waals surface area contributed by atoms with Gasteiger partial charge in [-0.2, -0.15) is 0 Å². The molecule has 1 nitrogen and oxygen atoms in total. The molecule has 0 amide bonds. The molecule has 0 aliphatic heterocycles. The maximum Gasteiger partial charge on any atom is 0.122 e. The van der Waals surface area contributed by atoms with E-state index in [1.165, 1.54) is 12.0 Å². The minimum Gasteiger partial charge on any atom is -0.303 e. The summed E-state index contributed by atoms with van der Waals surface area (Å²) in [6.07, 6.45) is 1.89. The number of hydrogen-bond acceptors (Lipinski definition) is 2. The van der Waals surface area contributed by atoms with Crippen LogP contribution in [0, 0.1) is 17.8 Å². The molecule has 0 aromatic rings. The molecule has 0 rings (SSSR count). The van der Waals surface area contributed by atoms with Crippen molar-refractivity contribution in [3.63, 3.8) is 0 Å². The topological polar surface area (TPSA) is 9.23 Å². The molecule has 0 radical (unpaired) electrons. The second kappa shape index (κ2) is 6.00. The lowest BCUT2D eigenvalue weighted by Crippen LogP contribution is -1.82. The normalized spacial score (nSPS) is 8.89. The third-order valence-electron chi connectivity index (χ3n) is 0.640. The Labute approximate surface area is 61.4 Å². The highest BCUT2D eigenvalue weighted by Crippen LogP contribution is 1.92. The van der Waals surface area contributed by atoms with E-state index < -0.39 is 0 Å². The van der Waals surface area contributed by atoms with Crippen molar-refractivity contribution in [2.75, 3.05) is 12.9 Å². The van der Waals surface area contributed by atoms with E-state index >= 15 is 0 Å². The highest BCUT2D eigenvalue weighted by molar-refractivity contribution is 7.93. The van der Waals surface area contributed by atoms with Gasteiger partial charge in [-0.15, -0.1) is 0 Å². The highest BCUT2D eigenvalue weighted by atomic mass is 32.2. The van der Waals surface area contributed by atoms with Crippen molar-refractivity contribution in [1.82, 2.24) is 0 Å². The lowest BCUT2D eigenvalue weighted by molar-refractivity contribution is 0.440. The summed E-state index contributed by atoms with van der Waals surface area (Å²) in [6.45, 7) is 4.66. The van der Waals surface area contributed by atoms with Gasteiger partial charge in [-0.1, -0.05) is 25.7 Å². The number of rotatable bonds is 2. The lowest BCUT2D eigenvalue weighted by atomic mass is 10.2. The van der Waals surface area contributed by atoms with Gasteiger partial charge in [0.1, 0.15) is 6.61 Å². The van der Waals surface area contributed by atoms with Crippen LogP contribution >= 0.6 is 12.0 Å². The Morgan fingerprint density at radius 3 is 2.67 bits per heavy atom. The van der Waals surface area contributed by atoms with Gasteiger partial charge in [-0.3, -0.25) is 0 Å². The van der Waals surface area contributed by atoms with Crippen LogP contribution in [0.1, 0.15) is 13.8 Å². The van der Waals surface area contributed by atoms with E-state index in [9.17, 15) is 0 Å². The van der Waals surface area contributed by atoms with E-state index in [-0.39, 0.29) is 0 Å². The molecular formula is C7H12OS. The monoisotopic (exact) mass is 144 g/mol. The SMILES string of the molecule is CSOCC#CC(C)C. The second-order valence-electron chi connectivity index (χ2n) is 1.90. The first-order valence-corrected chi connectivity index (χ1v) is 4.06. The summed E-state index contributed by atoms with van der Waals surface area (Å²) >= 11 is 1.35. The van der Waals surface area contributed by atoms with Crippen LogP contribution in [-0.4, -0.2) is 12.9 Å².